The van der Waals surface area contributed by atoms with E-state index in [2.05, 4.69) is 88.5 Å². The largest absolute Gasteiger partial charge is 0.415 e. The van der Waals surface area contributed by atoms with Gasteiger partial charge in [0.15, 0.2) is 8.32 Å². The molecule has 0 aromatic heterocycles. The maximum absolute atomic E-state index is 6.94. The third kappa shape index (κ3) is 4.94. The van der Waals surface area contributed by atoms with E-state index in [4.69, 9.17) is 4.43 Å². The van der Waals surface area contributed by atoms with Gasteiger partial charge in [-0.25, -0.2) is 0 Å². The van der Waals surface area contributed by atoms with Crippen molar-refractivity contribution >= 4 is 17.1 Å². The highest BCUT2D eigenvalue weighted by atomic mass is 28.4. The summed E-state index contributed by atoms with van der Waals surface area (Å²) < 4.78 is 6.94. The van der Waals surface area contributed by atoms with E-state index >= 15 is 0 Å². The van der Waals surface area contributed by atoms with Crippen LogP contribution in [0.25, 0.3) is 0 Å². The number of hydrogen-bond acceptors (Lipinski definition) is 1. The summed E-state index contributed by atoms with van der Waals surface area (Å²) in [5.41, 5.74) is 0.636. The Bertz CT molecular complexity index is 364. The van der Waals surface area contributed by atoms with Gasteiger partial charge in [-0.05, 0) is 49.2 Å². The molecule has 22 heavy (non-hydrogen) atoms. The van der Waals surface area contributed by atoms with E-state index in [0.717, 1.165) is 0 Å². The van der Waals surface area contributed by atoms with Crippen molar-refractivity contribution in [3.8, 4) is 0 Å². The zero-order valence-electron chi connectivity index (χ0n) is 17.9. The zero-order valence-corrected chi connectivity index (χ0v) is 20.1. The van der Waals surface area contributed by atoms with Crippen LogP contribution in [0.5, 0.6) is 0 Å². The first-order chi connectivity index (χ1) is 9.42. The Morgan fingerprint density at radius 2 is 1.27 bits per heavy atom. The van der Waals surface area contributed by atoms with E-state index in [1.54, 1.807) is 0 Å². The smallest absolute Gasteiger partial charge is 0.193 e. The van der Waals surface area contributed by atoms with Crippen LogP contribution in [0.3, 0.4) is 0 Å². The fourth-order valence-electron chi connectivity index (χ4n) is 4.13. The molecule has 0 aliphatic rings. The molecule has 0 aromatic carbocycles. The van der Waals surface area contributed by atoms with E-state index < -0.39 is 17.1 Å². The molecule has 3 heteroatoms. The summed E-state index contributed by atoms with van der Waals surface area (Å²) in [7, 11) is -2.70. The molecule has 0 fully saturated rings. The van der Waals surface area contributed by atoms with Crippen LogP contribution in [0.15, 0.2) is 0 Å². The first kappa shape index (κ1) is 22.4. The molecular weight excluding hydrogens is 300 g/mol. The molecule has 0 saturated carbocycles. The minimum Gasteiger partial charge on any atom is -0.415 e. The highest BCUT2D eigenvalue weighted by Gasteiger charge is 2.55. The van der Waals surface area contributed by atoms with Crippen molar-refractivity contribution in [2.24, 2.45) is 10.8 Å². The van der Waals surface area contributed by atoms with Gasteiger partial charge in [-0.3, -0.25) is 0 Å². The number of rotatable bonds is 7. The van der Waals surface area contributed by atoms with Crippen LogP contribution in [-0.4, -0.2) is 22.3 Å². The molecule has 0 bridgehead atoms. The average molecular weight is 345 g/mol. The molecule has 0 spiro atoms. The third-order valence-corrected chi connectivity index (χ3v) is 14.3. The van der Waals surface area contributed by atoms with Crippen molar-refractivity contribution in [1.29, 1.82) is 0 Å². The first-order valence-corrected chi connectivity index (χ1v) is 14.9. The van der Waals surface area contributed by atoms with Crippen molar-refractivity contribution in [2.45, 2.75) is 112 Å². The Balaban J connectivity index is 5.69. The summed E-state index contributed by atoms with van der Waals surface area (Å²) in [5, 5.41) is 0.359. The Hall–Kier alpha value is 0.394. The van der Waals surface area contributed by atoms with Gasteiger partial charge in [0.05, 0.1) is 8.80 Å². The molecule has 0 heterocycles. The van der Waals surface area contributed by atoms with E-state index in [1.165, 1.54) is 12.8 Å². The normalized spacial score (nSPS) is 17.7. The molecule has 0 aliphatic heterocycles. The molecular formula is C19H44OSi2. The molecule has 1 nitrogen and oxygen atoms in total. The fourth-order valence-corrected chi connectivity index (χ4v) is 10.1. The molecule has 0 rings (SSSR count). The van der Waals surface area contributed by atoms with Gasteiger partial charge in [0, 0.05) is 5.22 Å². The van der Waals surface area contributed by atoms with Gasteiger partial charge in [0.1, 0.15) is 0 Å². The van der Waals surface area contributed by atoms with Gasteiger partial charge in [-0.1, -0.05) is 68.0 Å². The second kappa shape index (κ2) is 6.72. The Morgan fingerprint density at radius 3 is 1.55 bits per heavy atom. The standard InChI is InChI=1S/C19H44OSi2/c1-14-19(9,17(5,6)15-16(2,3)4)22(12,13)20-18(7,8)21(10)11/h21H,14-15H2,1-13H3. The van der Waals surface area contributed by atoms with Crippen molar-refractivity contribution in [2.75, 3.05) is 0 Å². The fraction of sp³-hybridized carbons (Fsp3) is 1.00. The van der Waals surface area contributed by atoms with Crippen molar-refractivity contribution in [3.63, 3.8) is 0 Å². The highest BCUT2D eigenvalue weighted by molar-refractivity contribution is 6.75. The minimum atomic E-state index is -1.86. The van der Waals surface area contributed by atoms with Gasteiger partial charge in [-0.2, -0.15) is 0 Å². The molecule has 0 aromatic rings. The van der Waals surface area contributed by atoms with Crippen molar-refractivity contribution in [1.82, 2.24) is 0 Å². The van der Waals surface area contributed by atoms with Gasteiger partial charge >= 0.3 is 0 Å². The molecule has 134 valence electrons. The van der Waals surface area contributed by atoms with Crippen LogP contribution in [0.4, 0.5) is 0 Å². The van der Waals surface area contributed by atoms with Gasteiger partial charge in [0.2, 0.25) is 0 Å². The van der Waals surface area contributed by atoms with E-state index in [-0.39, 0.29) is 15.7 Å². The first-order valence-electron chi connectivity index (χ1n) is 9.12. The average Bonchev–Trinajstić information content (AvgIpc) is 2.22. The van der Waals surface area contributed by atoms with Crippen LogP contribution >= 0.6 is 0 Å². The molecule has 0 aliphatic carbocycles. The van der Waals surface area contributed by atoms with Crippen LogP contribution in [0, 0.1) is 10.8 Å². The lowest BCUT2D eigenvalue weighted by Crippen LogP contribution is -2.57. The van der Waals surface area contributed by atoms with Gasteiger partial charge < -0.3 is 4.43 Å². The molecule has 0 N–H and O–H groups in total. The van der Waals surface area contributed by atoms with Crippen LogP contribution in [0.1, 0.15) is 75.2 Å². The lowest BCUT2D eigenvalue weighted by atomic mass is 9.68. The Labute approximate surface area is 144 Å². The van der Waals surface area contributed by atoms with Gasteiger partial charge in [0.25, 0.3) is 0 Å². The second-order valence-electron chi connectivity index (χ2n) is 10.7. The van der Waals surface area contributed by atoms with E-state index in [0.29, 0.717) is 5.41 Å². The van der Waals surface area contributed by atoms with Crippen LogP contribution < -0.4 is 0 Å². The quantitative estimate of drug-likeness (QED) is 0.470. The monoisotopic (exact) mass is 344 g/mol. The van der Waals surface area contributed by atoms with E-state index in [1.807, 2.05) is 0 Å². The molecule has 1 atom stereocenters. The Morgan fingerprint density at radius 1 is 0.864 bits per heavy atom. The summed E-state index contributed by atoms with van der Waals surface area (Å²) in [6, 6.07) is 0. The molecule has 0 radical (unpaired) electrons. The number of hydrogen-bond donors (Lipinski definition) is 0. The second-order valence-corrected chi connectivity index (χ2v) is 18.7. The van der Waals surface area contributed by atoms with Crippen LogP contribution in [-0.2, 0) is 4.43 Å². The summed E-state index contributed by atoms with van der Waals surface area (Å²) in [6.07, 6.45) is 2.44. The Kier molecular flexibility index (Phi) is 6.84. The summed E-state index contributed by atoms with van der Waals surface area (Å²) in [5.74, 6) is 0. The molecule has 0 amide bonds. The summed E-state index contributed by atoms with van der Waals surface area (Å²) in [6.45, 7) is 31.3. The maximum atomic E-state index is 6.94. The van der Waals surface area contributed by atoms with Crippen LogP contribution in [0.2, 0.25) is 31.2 Å². The molecule has 1 unspecified atom stereocenters. The maximum Gasteiger partial charge on any atom is 0.193 e. The topological polar surface area (TPSA) is 9.23 Å². The third-order valence-electron chi connectivity index (χ3n) is 6.41. The van der Waals surface area contributed by atoms with Crippen molar-refractivity contribution < 1.29 is 4.43 Å². The predicted octanol–water partition coefficient (Wildman–Crippen LogP) is 6.65. The molecule has 0 saturated heterocycles. The minimum absolute atomic E-state index is 0.0873. The highest BCUT2D eigenvalue weighted by Crippen LogP contribution is 2.59. The van der Waals surface area contributed by atoms with Crippen molar-refractivity contribution in [3.05, 3.63) is 0 Å². The summed E-state index contributed by atoms with van der Waals surface area (Å²) >= 11 is 0. The summed E-state index contributed by atoms with van der Waals surface area (Å²) in [4.78, 5) is 0. The lowest BCUT2D eigenvalue weighted by Gasteiger charge is -2.56. The van der Waals surface area contributed by atoms with Gasteiger partial charge in [-0.15, -0.1) is 0 Å². The predicted molar refractivity (Wildman–Crippen MR) is 108 cm³/mol. The lowest BCUT2D eigenvalue weighted by molar-refractivity contribution is 0.0997. The SMILES string of the molecule is CCC(C)(C(C)(C)CC(C)(C)C)[Si](C)(C)OC(C)(C)[SiH](C)C. The zero-order chi connectivity index (χ0) is 18.2. The van der Waals surface area contributed by atoms with E-state index in [9.17, 15) is 0 Å².